The first-order chi connectivity index (χ1) is 15.6. The maximum atomic E-state index is 6.15. The van der Waals surface area contributed by atoms with Crippen LogP contribution in [0.4, 0.5) is 11.5 Å². The molecule has 0 saturated heterocycles. The van der Waals surface area contributed by atoms with Crippen molar-refractivity contribution in [3.63, 3.8) is 0 Å². The lowest BCUT2D eigenvalue weighted by atomic mass is 10.1. The molecule has 1 aliphatic heterocycles. The Kier molecular flexibility index (Phi) is 4.55. The Morgan fingerprint density at radius 1 is 1.16 bits per heavy atom. The van der Waals surface area contributed by atoms with Gasteiger partial charge in [-0.25, -0.2) is 15.0 Å². The minimum atomic E-state index is 0.767. The third-order valence-electron chi connectivity index (χ3n) is 5.73. The van der Waals surface area contributed by atoms with Crippen LogP contribution in [0.5, 0.6) is 11.5 Å². The van der Waals surface area contributed by atoms with Crippen molar-refractivity contribution in [3.8, 4) is 11.5 Å². The smallest absolute Gasteiger partial charge is 0.142 e. The summed E-state index contributed by atoms with van der Waals surface area (Å²) in [6.45, 7) is 5.93. The minimum absolute atomic E-state index is 0.767. The predicted molar refractivity (Wildman–Crippen MR) is 127 cm³/mol. The molecule has 7 nitrogen and oxygen atoms in total. The highest BCUT2D eigenvalue weighted by atomic mass is 32.1. The Hall–Kier alpha value is -3.49. The number of hydrogen-bond acceptors (Lipinski definition) is 7. The van der Waals surface area contributed by atoms with Gasteiger partial charge >= 0.3 is 0 Å². The zero-order valence-electron chi connectivity index (χ0n) is 17.8. The van der Waals surface area contributed by atoms with Crippen molar-refractivity contribution in [2.45, 2.75) is 26.8 Å². The number of benzene rings is 1. The fourth-order valence-electron chi connectivity index (χ4n) is 4.21. The summed E-state index contributed by atoms with van der Waals surface area (Å²) in [5.74, 6) is 2.44. The summed E-state index contributed by atoms with van der Waals surface area (Å²) in [5.41, 5.74) is 5.24. The molecule has 5 aromatic rings. The lowest BCUT2D eigenvalue weighted by molar-refractivity contribution is 0.478. The van der Waals surface area contributed by atoms with Crippen LogP contribution < -0.4 is 15.4 Å². The van der Waals surface area contributed by atoms with E-state index >= 15 is 0 Å². The van der Waals surface area contributed by atoms with Crippen LogP contribution >= 0.6 is 11.3 Å². The molecule has 0 radical (unpaired) electrons. The lowest BCUT2D eigenvalue weighted by Gasteiger charge is -2.14. The van der Waals surface area contributed by atoms with Crippen LogP contribution in [0.25, 0.3) is 15.9 Å². The zero-order valence-corrected chi connectivity index (χ0v) is 18.7. The van der Waals surface area contributed by atoms with E-state index in [1.54, 1.807) is 17.7 Å². The number of ether oxygens (including phenoxy) is 1. The first kappa shape index (κ1) is 19.2. The monoisotopic (exact) mass is 442 g/mol. The van der Waals surface area contributed by atoms with Crippen molar-refractivity contribution < 1.29 is 4.74 Å². The van der Waals surface area contributed by atoms with Gasteiger partial charge in [0.15, 0.2) is 0 Å². The molecule has 8 heteroatoms. The molecule has 0 aliphatic carbocycles. The molecule has 0 fully saturated rings. The van der Waals surface area contributed by atoms with Crippen LogP contribution in [0.1, 0.15) is 21.7 Å². The summed E-state index contributed by atoms with van der Waals surface area (Å²) >= 11 is 1.75. The van der Waals surface area contributed by atoms with E-state index in [4.69, 9.17) is 4.74 Å². The van der Waals surface area contributed by atoms with E-state index in [0.717, 1.165) is 69.6 Å². The first-order valence-corrected chi connectivity index (χ1v) is 11.4. The van der Waals surface area contributed by atoms with Gasteiger partial charge in [-0.15, -0.1) is 11.3 Å². The maximum absolute atomic E-state index is 6.15. The second-order valence-corrected chi connectivity index (χ2v) is 9.13. The number of pyridine rings is 1. The van der Waals surface area contributed by atoms with Gasteiger partial charge in [0.2, 0.25) is 0 Å². The molecule has 1 aromatic carbocycles. The second-order valence-electron chi connectivity index (χ2n) is 8.05. The van der Waals surface area contributed by atoms with Gasteiger partial charge in [-0.2, -0.15) is 0 Å². The molecule has 1 aliphatic rings. The summed E-state index contributed by atoms with van der Waals surface area (Å²) in [6, 6.07) is 10.00. The third-order valence-corrected chi connectivity index (χ3v) is 6.87. The van der Waals surface area contributed by atoms with Crippen LogP contribution in [0.2, 0.25) is 0 Å². The number of nitrogens with one attached hydrogen (secondary N) is 2. The SMILES string of the molecule is Cc1cn2ccc(Oc3ccc(Nc4ncnc5sc6c(c45)CCNC6)cc3C)cc2n1. The lowest BCUT2D eigenvalue weighted by Crippen LogP contribution is -2.22. The summed E-state index contributed by atoms with van der Waals surface area (Å²) < 4.78 is 8.14. The molecule has 32 heavy (non-hydrogen) atoms. The van der Waals surface area contributed by atoms with Gasteiger partial charge in [0.25, 0.3) is 0 Å². The van der Waals surface area contributed by atoms with Crippen molar-refractivity contribution >= 4 is 38.7 Å². The molecular formula is C24H22N6OS. The van der Waals surface area contributed by atoms with Gasteiger partial charge in [-0.3, -0.25) is 0 Å². The Morgan fingerprint density at radius 2 is 2.09 bits per heavy atom. The Labute approximate surface area is 189 Å². The van der Waals surface area contributed by atoms with Gasteiger partial charge in [-0.1, -0.05) is 0 Å². The van der Waals surface area contributed by atoms with Gasteiger partial charge in [0, 0.05) is 35.6 Å². The molecule has 4 aromatic heterocycles. The van der Waals surface area contributed by atoms with Crippen molar-refractivity contribution in [1.82, 2.24) is 24.7 Å². The second kappa shape index (κ2) is 7.58. The van der Waals surface area contributed by atoms with Crippen LogP contribution in [0.15, 0.2) is 49.1 Å². The number of hydrogen-bond donors (Lipinski definition) is 2. The van der Waals surface area contributed by atoms with Gasteiger partial charge < -0.3 is 19.8 Å². The Bertz CT molecular complexity index is 1470. The fraction of sp³-hybridized carbons (Fsp3) is 0.208. The summed E-state index contributed by atoms with van der Waals surface area (Å²) in [5, 5.41) is 8.09. The summed E-state index contributed by atoms with van der Waals surface area (Å²) in [4.78, 5) is 16.0. The first-order valence-electron chi connectivity index (χ1n) is 10.6. The van der Waals surface area contributed by atoms with E-state index < -0.39 is 0 Å². The van der Waals surface area contributed by atoms with Crippen LogP contribution in [0.3, 0.4) is 0 Å². The number of aryl methyl sites for hydroxylation is 2. The number of anilines is 2. The number of nitrogens with zero attached hydrogens (tertiary/aromatic N) is 4. The minimum Gasteiger partial charge on any atom is -0.457 e. The molecule has 0 bridgehead atoms. The van der Waals surface area contributed by atoms with E-state index in [0.29, 0.717) is 0 Å². The molecule has 6 rings (SSSR count). The average molecular weight is 443 g/mol. The molecule has 0 atom stereocenters. The molecule has 0 spiro atoms. The van der Waals surface area contributed by atoms with Crippen LogP contribution in [-0.4, -0.2) is 25.9 Å². The highest BCUT2D eigenvalue weighted by Crippen LogP contribution is 2.37. The number of rotatable bonds is 4. The van der Waals surface area contributed by atoms with Crippen molar-refractivity contribution in [1.29, 1.82) is 0 Å². The number of thiophene rings is 1. The molecular weight excluding hydrogens is 420 g/mol. The van der Waals surface area contributed by atoms with Crippen molar-refractivity contribution in [2.75, 3.05) is 11.9 Å². The highest BCUT2D eigenvalue weighted by Gasteiger charge is 2.19. The fourth-order valence-corrected chi connectivity index (χ4v) is 5.37. The number of imidazole rings is 1. The predicted octanol–water partition coefficient (Wildman–Crippen LogP) is 5.14. The van der Waals surface area contributed by atoms with E-state index in [1.165, 1.54) is 10.4 Å². The molecule has 0 amide bonds. The maximum Gasteiger partial charge on any atom is 0.142 e. The van der Waals surface area contributed by atoms with E-state index in [2.05, 4.69) is 31.7 Å². The van der Waals surface area contributed by atoms with Crippen molar-refractivity contribution in [2.24, 2.45) is 0 Å². The Balaban J connectivity index is 1.28. The largest absolute Gasteiger partial charge is 0.457 e. The van der Waals surface area contributed by atoms with Crippen LogP contribution in [0, 0.1) is 13.8 Å². The zero-order chi connectivity index (χ0) is 21.7. The topological polar surface area (TPSA) is 76.4 Å². The highest BCUT2D eigenvalue weighted by molar-refractivity contribution is 7.19. The summed E-state index contributed by atoms with van der Waals surface area (Å²) in [6.07, 6.45) is 6.60. The standard InChI is InChI=1S/C24H22N6OS/c1-14-9-16(3-4-19(14)31-17-6-8-30-12-15(2)28-21(30)10-17)29-23-22-18-5-7-25-11-20(18)32-24(22)27-13-26-23/h3-4,6,8-10,12-13,25H,5,7,11H2,1-2H3,(H,26,27,29). The molecule has 5 heterocycles. The van der Waals surface area contributed by atoms with E-state index in [-0.39, 0.29) is 0 Å². The molecule has 0 saturated carbocycles. The van der Waals surface area contributed by atoms with Gasteiger partial charge in [0.05, 0.1) is 11.1 Å². The molecule has 160 valence electrons. The Morgan fingerprint density at radius 3 is 3.00 bits per heavy atom. The van der Waals surface area contributed by atoms with E-state index in [1.807, 2.05) is 54.9 Å². The summed E-state index contributed by atoms with van der Waals surface area (Å²) in [7, 11) is 0. The molecule has 0 unspecified atom stereocenters. The van der Waals surface area contributed by atoms with Gasteiger partial charge in [-0.05, 0) is 62.2 Å². The van der Waals surface area contributed by atoms with Crippen LogP contribution in [-0.2, 0) is 13.0 Å². The number of fused-ring (bicyclic) bond motifs is 4. The van der Waals surface area contributed by atoms with Crippen molar-refractivity contribution in [3.05, 3.63) is 70.8 Å². The number of aromatic nitrogens is 4. The normalized spacial score (nSPS) is 13.4. The van der Waals surface area contributed by atoms with Gasteiger partial charge in [0.1, 0.15) is 34.1 Å². The van der Waals surface area contributed by atoms with E-state index in [9.17, 15) is 0 Å². The quantitative estimate of drug-likeness (QED) is 0.401. The third kappa shape index (κ3) is 3.37. The molecule has 2 N–H and O–H groups in total. The average Bonchev–Trinajstić information content (AvgIpc) is 3.35.